The van der Waals surface area contributed by atoms with Gasteiger partial charge in [-0.3, -0.25) is 0 Å². The first-order valence-corrected chi connectivity index (χ1v) is 3.43. The van der Waals surface area contributed by atoms with E-state index in [4.69, 9.17) is 10.3 Å². The summed E-state index contributed by atoms with van der Waals surface area (Å²) in [6.07, 6.45) is 0. The maximum Gasteiger partial charge on any atom is 0.0499 e. The molecule has 0 amide bonds. The van der Waals surface area contributed by atoms with Crippen LogP contribution >= 0.6 is 0 Å². The fourth-order valence-corrected chi connectivity index (χ4v) is 1.08. The number of nitrogens with zero attached hydrogens (tertiary/aromatic N) is 3. The quantitative estimate of drug-likeness (QED) is 0.327. The number of azide groups is 1. The molecule has 0 aliphatic carbocycles. The Hall–Kier alpha value is -0.730. The molecule has 1 aliphatic rings. The standard InChI is InChI=1S/C6H11N3O/c1-5-3-10-4-6(5)2-8-9-7/h5-6H,2-4H2,1H3. The minimum atomic E-state index is 0.441. The first-order valence-electron chi connectivity index (χ1n) is 3.43. The van der Waals surface area contributed by atoms with Crippen LogP contribution in [0.5, 0.6) is 0 Å². The Morgan fingerprint density at radius 2 is 2.50 bits per heavy atom. The van der Waals surface area contributed by atoms with Crippen LogP contribution in [0.1, 0.15) is 6.92 Å². The van der Waals surface area contributed by atoms with E-state index in [1.165, 1.54) is 0 Å². The highest BCUT2D eigenvalue weighted by Gasteiger charge is 2.22. The Bertz CT molecular complexity index is 153. The van der Waals surface area contributed by atoms with E-state index < -0.39 is 0 Å². The molecule has 1 aliphatic heterocycles. The van der Waals surface area contributed by atoms with E-state index in [1.807, 2.05) is 0 Å². The van der Waals surface area contributed by atoms with Crippen LogP contribution in [0, 0.1) is 11.8 Å². The molecule has 1 fully saturated rings. The van der Waals surface area contributed by atoms with E-state index in [9.17, 15) is 0 Å². The van der Waals surface area contributed by atoms with Gasteiger partial charge in [-0.25, -0.2) is 0 Å². The van der Waals surface area contributed by atoms with Crippen molar-refractivity contribution in [2.24, 2.45) is 17.0 Å². The van der Waals surface area contributed by atoms with Gasteiger partial charge in [-0.1, -0.05) is 12.0 Å². The third kappa shape index (κ3) is 1.62. The lowest BCUT2D eigenvalue weighted by atomic mass is 9.99. The van der Waals surface area contributed by atoms with Gasteiger partial charge in [0.1, 0.15) is 0 Å². The van der Waals surface area contributed by atoms with Crippen LogP contribution in [0.4, 0.5) is 0 Å². The van der Waals surface area contributed by atoms with Crippen molar-refractivity contribution >= 4 is 0 Å². The van der Waals surface area contributed by atoms with Gasteiger partial charge in [0.05, 0.1) is 0 Å². The summed E-state index contributed by atoms with van der Waals surface area (Å²) >= 11 is 0. The molecule has 1 saturated heterocycles. The molecule has 4 nitrogen and oxygen atoms in total. The monoisotopic (exact) mass is 141 g/mol. The van der Waals surface area contributed by atoms with Crippen molar-refractivity contribution < 1.29 is 4.74 Å². The molecule has 0 radical (unpaired) electrons. The summed E-state index contributed by atoms with van der Waals surface area (Å²) in [5, 5.41) is 3.50. The average molecular weight is 141 g/mol. The molecule has 56 valence electrons. The number of ether oxygens (including phenoxy) is 1. The average Bonchev–Trinajstić information content (AvgIpc) is 2.31. The van der Waals surface area contributed by atoms with E-state index in [-0.39, 0.29) is 0 Å². The van der Waals surface area contributed by atoms with Gasteiger partial charge in [0.2, 0.25) is 0 Å². The van der Waals surface area contributed by atoms with Crippen LogP contribution in [0.15, 0.2) is 5.11 Å². The minimum absolute atomic E-state index is 0.441. The summed E-state index contributed by atoms with van der Waals surface area (Å²) in [6, 6.07) is 0. The molecular formula is C6H11N3O. The van der Waals surface area contributed by atoms with E-state index in [0.717, 1.165) is 13.2 Å². The fraction of sp³-hybridized carbons (Fsp3) is 1.00. The third-order valence-corrected chi connectivity index (χ3v) is 1.90. The maximum absolute atomic E-state index is 8.03. The van der Waals surface area contributed by atoms with Gasteiger partial charge in [-0.2, -0.15) is 0 Å². The van der Waals surface area contributed by atoms with Crippen molar-refractivity contribution in [3.63, 3.8) is 0 Å². The summed E-state index contributed by atoms with van der Waals surface area (Å²) in [7, 11) is 0. The van der Waals surface area contributed by atoms with Crippen molar-refractivity contribution in [3.05, 3.63) is 10.4 Å². The maximum atomic E-state index is 8.03. The van der Waals surface area contributed by atoms with Gasteiger partial charge in [0.15, 0.2) is 0 Å². The molecular weight excluding hydrogens is 130 g/mol. The van der Waals surface area contributed by atoms with Crippen molar-refractivity contribution in [1.29, 1.82) is 0 Å². The molecule has 0 aromatic rings. The van der Waals surface area contributed by atoms with Crippen LogP contribution in [0.25, 0.3) is 10.4 Å². The number of hydrogen-bond acceptors (Lipinski definition) is 2. The summed E-state index contributed by atoms with van der Waals surface area (Å²) < 4.78 is 5.18. The van der Waals surface area contributed by atoms with Crippen molar-refractivity contribution in [3.8, 4) is 0 Å². The smallest absolute Gasteiger partial charge is 0.0499 e. The van der Waals surface area contributed by atoms with Gasteiger partial charge in [-0.15, -0.1) is 0 Å². The van der Waals surface area contributed by atoms with E-state index in [0.29, 0.717) is 18.4 Å². The highest BCUT2D eigenvalue weighted by molar-refractivity contribution is 4.73. The Kier molecular flexibility index (Phi) is 2.54. The first kappa shape index (κ1) is 7.38. The molecule has 10 heavy (non-hydrogen) atoms. The van der Waals surface area contributed by atoms with Crippen LogP contribution in [0.3, 0.4) is 0 Å². The van der Waals surface area contributed by atoms with Crippen LogP contribution < -0.4 is 0 Å². The summed E-state index contributed by atoms with van der Waals surface area (Å²) in [6.45, 7) is 4.26. The van der Waals surface area contributed by atoms with Crippen molar-refractivity contribution in [1.82, 2.24) is 0 Å². The molecule has 0 bridgehead atoms. The lowest BCUT2D eigenvalue weighted by Crippen LogP contribution is -2.11. The molecule has 1 rings (SSSR count). The highest BCUT2D eigenvalue weighted by Crippen LogP contribution is 2.19. The molecule has 2 atom stereocenters. The lowest BCUT2D eigenvalue weighted by Gasteiger charge is -2.07. The van der Waals surface area contributed by atoms with Crippen molar-refractivity contribution in [2.75, 3.05) is 19.8 Å². The SMILES string of the molecule is CC1COCC1CN=[N+]=[N-]. The molecule has 0 spiro atoms. The Morgan fingerprint density at radius 1 is 1.70 bits per heavy atom. The van der Waals surface area contributed by atoms with Gasteiger partial charge in [-0.05, 0) is 17.4 Å². The Balaban J connectivity index is 2.32. The summed E-state index contributed by atoms with van der Waals surface area (Å²) in [4.78, 5) is 2.70. The predicted octanol–water partition coefficient (Wildman–Crippen LogP) is 1.58. The highest BCUT2D eigenvalue weighted by atomic mass is 16.5. The Morgan fingerprint density at radius 3 is 3.00 bits per heavy atom. The molecule has 0 saturated carbocycles. The largest absolute Gasteiger partial charge is 0.381 e. The summed E-state index contributed by atoms with van der Waals surface area (Å²) in [5.74, 6) is 0.987. The number of hydrogen-bond donors (Lipinski definition) is 0. The number of rotatable bonds is 2. The summed E-state index contributed by atoms with van der Waals surface area (Å²) in [5.41, 5.74) is 8.03. The minimum Gasteiger partial charge on any atom is -0.381 e. The van der Waals surface area contributed by atoms with Crippen LogP contribution in [-0.2, 0) is 4.74 Å². The van der Waals surface area contributed by atoms with Crippen molar-refractivity contribution in [2.45, 2.75) is 6.92 Å². The molecule has 0 aromatic carbocycles. The molecule has 1 heterocycles. The zero-order chi connectivity index (χ0) is 7.40. The molecule has 2 unspecified atom stereocenters. The third-order valence-electron chi connectivity index (χ3n) is 1.90. The normalized spacial score (nSPS) is 31.7. The topological polar surface area (TPSA) is 58.0 Å². The zero-order valence-electron chi connectivity index (χ0n) is 6.03. The molecule has 0 aromatic heterocycles. The van der Waals surface area contributed by atoms with Gasteiger partial charge in [0.25, 0.3) is 0 Å². The van der Waals surface area contributed by atoms with E-state index in [1.54, 1.807) is 0 Å². The van der Waals surface area contributed by atoms with Gasteiger partial charge < -0.3 is 4.74 Å². The second kappa shape index (κ2) is 3.44. The van der Waals surface area contributed by atoms with Crippen LogP contribution in [0.2, 0.25) is 0 Å². The second-order valence-corrected chi connectivity index (χ2v) is 2.69. The van der Waals surface area contributed by atoms with Gasteiger partial charge >= 0.3 is 0 Å². The zero-order valence-corrected chi connectivity index (χ0v) is 6.03. The fourth-order valence-electron chi connectivity index (χ4n) is 1.08. The Labute approximate surface area is 59.8 Å². The van der Waals surface area contributed by atoms with E-state index in [2.05, 4.69) is 16.9 Å². The second-order valence-electron chi connectivity index (χ2n) is 2.69. The van der Waals surface area contributed by atoms with Gasteiger partial charge in [0, 0.05) is 24.7 Å². The lowest BCUT2D eigenvalue weighted by molar-refractivity contribution is 0.182. The van der Waals surface area contributed by atoms with E-state index >= 15 is 0 Å². The predicted molar refractivity (Wildman–Crippen MR) is 37.5 cm³/mol. The van der Waals surface area contributed by atoms with Crippen LogP contribution in [-0.4, -0.2) is 19.8 Å². The molecule has 4 heteroatoms. The first-order chi connectivity index (χ1) is 4.84. The molecule has 0 N–H and O–H groups in total.